The third-order valence-corrected chi connectivity index (χ3v) is 5.02. The number of fused-ring (bicyclic) bond motifs is 1. The van der Waals surface area contributed by atoms with E-state index < -0.39 is 0 Å². The quantitative estimate of drug-likeness (QED) is 0.864. The lowest BCUT2D eigenvalue weighted by Gasteiger charge is -2.10. The van der Waals surface area contributed by atoms with Crippen LogP contribution in [0, 0.1) is 0 Å². The number of furan rings is 1. The van der Waals surface area contributed by atoms with Gasteiger partial charge in [-0.05, 0) is 56.4 Å². The second-order valence-electron chi connectivity index (χ2n) is 5.33. The van der Waals surface area contributed by atoms with E-state index in [2.05, 4.69) is 11.4 Å². The molecule has 1 atom stereocenters. The fourth-order valence-electron chi connectivity index (χ4n) is 2.66. The van der Waals surface area contributed by atoms with Crippen molar-refractivity contribution in [3.8, 4) is 0 Å². The van der Waals surface area contributed by atoms with Crippen LogP contribution in [0.2, 0.25) is 0 Å². The Hall–Kier alpha value is -1.55. The van der Waals surface area contributed by atoms with E-state index in [1.807, 2.05) is 19.1 Å². The number of carbonyl (C=O) groups excluding carboxylic acids is 1. The van der Waals surface area contributed by atoms with Gasteiger partial charge in [0.2, 0.25) is 0 Å². The van der Waals surface area contributed by atoms with E-state index in [1.165, 1.54) is 29.7 Å². The van der Waals surface area contributed by atoms with Gasteiger partial charge in [0.05, 0.1) is 17.2 Å². The van der Waals surface area contributed by atoms with Gasteiger partial charge in [0.1, 0.15) is 5.76 Å². The predicted octanol–water partition coefficient (Wildman–Crippen LogP) is 4.10. The highest BCUT2D eigenvalue weighted by molar-refractivity contribution is 7.14. The number of nitrogens with one attached hydrogen (secondary N) is 1. The molecular weight excluding hydrogens is 270 g/mol. The molecule has 0 spiro atoms. The van der Waals surface area contributed by atoms with E-state index in [0.29, 0.717) is 0 Å². The average Bonchev–Trinajstić information content (AvgIpc) is 3.05. The van der Waals surface area contributed by atoms with Crippen molar-refractivity contribution < 1.29 is 9.21 Å². The number of carbonyl (C=O) groups is 1. The minimum atomic E-state index is -0.0978. The Kier molecular flexibility index (Phi) is 3.92. The Labute approximate surface area is 123 Å². The molecule has 0 fully saturated rings. The summed E-state index contributed by atoms with van der Waals surface area (Å²) in [6.07, 6.45) is 7.67. The molecule has 0 aliphatic heterocycles. The maximum atomic E-state index is 12.3. The van der Waals surface area contributed by atoms with Crippen LogP contribution in [-0.2, 0) is 12.8 Å². The van der Waals surface area contributed by atoms with E-state index in [0.717, 1.165) is 23.5 Å². The molecule has 0 saturated carbocycles. The number of hydrogen-bond acceptors (Lipinski definition) is 3. The summed E-state index contributed by atoms with van der Waals surface area (Å²) in [4.78, 5) is 14.5. The fraction of sp³-hybridized carbons (Fsp3) is 0.438. The van der Waals surface area contributed by atoms with Crippen molar-refractivity contribution in [2.75, 3.05) is 0 Å². The molecule has 106 valence electrons. The van der Waals surface area contributed by atoms with E-state index in [1.54, 1.807) is 17.6 Å². The number of amides is 1. The zero-order chi connectivity index (χ0) is 13.9. The van der Waals surface area contributed by atoms with Gasteiger partial charge in [-0.1, -0.05) is 6.42 Å². The molecule has 1 aliphatic carbocycles. The van der Waals surface area contributed by atoms with E-state index >= 15 is 0 Å². The smallest absolute Gasteiger partial charge is 0.261 e. The van der Waals surface area contributed by atoms with Crippen molar-refractivity contribution in [1.29, 1.82) is 0 Å². The molecular formula is C16H19NO2S. The van der Waals surface area contributed by atoms with Crippen LogP contribution in [0.4, 0.5) is 0 Å². The van der Waals surface area contributed by atoms with Crippen LogP contribution in [0.25, 0.3) is 0 Å². The van der Waals surface area contributed by atoms with Crippen LogP contribution in [0.15, 0.2) is 28.9 Å². The SMILES string of the molecule is CC(NC(=O)c1cc2c(s1)CCCCC2)c1ccco1. The highest BCUT2D eigenvalue weighted by atomic mass is 32.1. The number of aryl methyl sites for hydroxylation is 2. The molecule has 3 nitrogen and oxygen atoms in total. The summed E-state index contributed by atoms with van der Waals surface area (Å²) in [6.45, 7) is 1.94. The van der Waals surface area contributed by atoms with Gasteiger partial charge >= 0.3 is 0 Å². The second-order valence-corrected chi connectivity index (χ2v) is 6.47. The van der Waals surface area contributed by atoms with Crippen LogP contribution < -0.4 is 5.32 Å². The summed E-state index contributed by atoms with van der Waals surface area (Å²) >= 11 is 1.65. The highest BCUT2D eigenvalue weighted by Crippen LogP contribution is 2.29. The van der Waals surface area contributed by atoms with Crippen molar-refractivity contribution in [2.45, 2.75) is 45.1 Å². The monoisotopic (exact) mass is 289 g/mol. The van der Waals surface area contributed by atoms with Crippen molar-refractivity contribution in [1.82, 2.24) is 5.32 Å². The first-order valence-corrected chi connectivity index (χ1v) is 8.01. The van der Waals surface area contributed by atoms with E-state index in [9.17, 15) is 4.79 Å². The molecule has 4 heteroatoms. The fourth-order valence-corrected chi connectivity index (χ4v) is 3.81. The first-order valence-electron chi connectivity index (χ1n) is 7.20. The molecule has 1 aliphatic rings. The predicted molar refractivity (Wildman–Crippen MR) is 80.2 cm³/mol. The number of hydrogen-bond donors (Lipinski definition) is 1. The van der Waals surface area contributed by atoms with Gasteiger partial charge in [0.15, 0.2) is 0 Å². The molecule has 0 aromatic carbocycles. The molecule has 0 radical (unpaired) electrons. The Bertz CT molecular complexity index is 562. The third kappa shape index (κ3) is 2.80. The number of thiophene rings is 1. The van der Waals surface area contributed by atoms with E-state index in [-0.39, 0.29) is 11.9 Å². The molecule has 2 heterocycles. The number of rotatable bonds is 3. The maximum absolute atomic E-state index is 12.3. The highest BCUT2D eigenvalue weighted by Gasteiger charge is 2.18. The first-order chi connectivity index (χ1) is 9.74. The molecule has 3 rings (SSSR count). The molecule has 1 N–H and O–H groups in total. The Morgan fingerprint density at radius 3 is 3.00 bits per heavy atom. The lowest BCUT2D eigenvalue weighted by atomic mass is 10.1. The van der Waals surface area contributed by atoms with Gasteiger partial charge in [0, 0.05) is 4.88 Å². The normalized spacial score (nSPS) is 16.2. The molecule has 1 amide bonds. The Morgan fingerprint density at radius 1 is 1.35 bits per heavy atom. The zero-order valence-electron chi connectivity index (χ0n) is 11.6. The lowest BCUT2D eigenvalue weighted by molar-refractivity contribution is 0.0939. The minimum absolute atomic E-state index is 0.00646. The average molecular weight is 289 g/mol. The molecule has 2 aromatic rings. The van der Waals surface area contributed by atoms with Crippen LogP contribution in [0.1, 0.15) is 58.1 Å². The van der Waals surface area contributed by atoms with Crippen molar-refractivity contribution in [3.05, 3.63) is 45.5 Å². The standard InChI is InChI=1S/C16H19NO2S/c1-11(13-7-5-9-19-13)17-16(18)15-10-12-6-3-2-4-8-14(12)20-15/h5,7,9-11H,2-4,6,8H2,1H3,(H,17,18). The summed E-state index contributed by atoms with van der Waals surface area (Å²) in [5.74, 6) is 0.795. The van der Waals surface area contributed by atoms with Gasteiger partial charge < -0.3 is 9.73 Å². The molecule has 0 bridgehead atoms. The summed E-state index contributed by atoms with van der Waals surface area (Å²) in [6, 6.07) is 5.70. The second kappa shape index (κ2) is 5.83. The van der Waals surface area contributed by atoms with Crippen molar-refractivity contribution >= 4 is 17.2 Å². The van der Waals surface area contributed by atoms with Crippen LogP contribution in [-0.4, -0.2) is 5.91 Å². The summed E-state index contributed by atoms with van der Waals surface area (Å²) in [7, 11) is 0. The van der Waals surface area contributed by atoms with Crippen LogP contribution >= 0.6 is 11.3 Å². The summed E-state index contributed by atoms with van der Waals surface area (Å²) in [5, 5.41) is 3.00. The largest absolute Gasteiger partial charge is 0.467 e. The molecule has 20 heavy (non-hydrogen) atoms. The van der Waals surface area contributed by atoms with Gasteiger partial charge in [-0.25, -0.2) is 0 Å². The van der Waals surface area contributed by atoms with Crippen LogP contribution in [0.3, 0.4) is 0 Å². The first kappa shape index (κ1) is 13.4. The van der Waals surface area contributed by atoms with Gasteiger partial charge in [-0.3, -0.25) is 4.79 Å². The van der Waals surface area contributed by atoms with Gasteiger partial charge in [-0.15, -0.1) is 11.3 Å². The Morgan fingerprint density at radius 2 is 2.20 bits per heavy atom. The van der Waals surface area contributed by atoms with Gasteiger partial charge in [-0.2, -0.15) is 0 Å². The zero-order valence-corrected chi connectivity index (χ0v) is 12.5. The summed E-state index contributed by atoms with van der Waals surface area (Å²) < 4.78 is 5.32. The topological polar surface area (TPSA) is 42.2 Å². The van der Waals surface area contributed by atoms with Crippen molar-refractivity contribution in [2.24, 2.45) is 0 Å². The lowest BCUT2D eigenvalue weighted by Crippen LogP contribution is -2.25. The molecule has 1 unspecified atom stereocenters. The van der Waals surface area contributed by atoms with Gasteiger partial charge in [0.25, 0.3) is 5.91 Å². The minimum Gasteiger partial charge on any atom is -0.467 e. The van der Waals surface area contributed by atoms with Crippen LogP contribution in [0.5, 0.6) is 0 Å². The van der Waals surface area contributed by atoms with E-state index in [4.69, 9.17) is 4.42 Å². The molecule has 2 aromatic heterocycles. The molecule has 0 saturated heterocycles. The summed E-state index contributed by atoms with van der Waals surface area (Å²) in [5.41, 5.74) is 1.38. The maximum Gasteiger partial charge on any atom is 0.261 e. The Balaban J connectivity index is 1.71. The third-order valence-electron chi connectivity index (χ3n) is 3.79. The van der Waals surface area contributed by atoms with Crippen molar-refractivity contribution in [3.63, 3.8) is 0 Å².